The molecule has 0 aliphatic heterocycles. The average molecular weight is 275 g/mol. The van der Waals surface area contributed by atoms with Crippen molar-refractivity contribution in [3.8, 4) is 0 Å². The minimum atomic E-state index is -3.69. The van der Waals surface area contributed by atoms with Gasteiger partial charge in [0.15, 0.2) is 0 Å². The first-order chi connectivity index (χ1) is 7.79. The topological polar surface area (TPSA) is 89.4 Å². The Morgan fingerprint density at radius 2 is 1.94 bits per heavy atom. The molecular weight excluding hydrogens is 258 g/mol. The lowest BCUT2D eigenvalue weighted by Crippen LogP contribution is -2.15. The minimum absolute atomic E-state index is 0.0600. The van der Waals surface area contributed by atoms with Gasteiger partial charge in [-0.3, -0.25) is 0 Å². The smallest absolute Gasteiger partial charge is 0.238 e. The highest BCUT2D eigenvalue weighted by Gasteiger charge is 2.10. The van der Waals surface area contributed by atoms with Crippen LogP contribution < -0.4 is 10.9 Å². The van der Waals surface area contributed by atoms with Crippen LogP contribution >= 0.6 is 11.8 Å². The van der Waals surface area contributed by atoms with Crippen molar-refractivity contribution in [3.05, 3.63) is 18.2 Å². The number of hydrogen-bond donors (Lipinski definition) is 2. The number of hydrogen-bond acceptors (Lipinski definition) is 5. The molecule has 0 amide bonds. The maximum Gasteiger partial charge on any atom is 0.238 e. The van der Waals surface area contributed by atoms with Gasteiger partial charge < -0.3 is 10.6 Å². The van der Waals surface area contributed by atoms with Gasteiger partial charge in [0.05, 0.1) is 4.90 Å². The molecule has 0 bridgehead atoms. The quantitative estimate of drug-likeness (QED) is 0.606. The standard InChI is InChI=1S/C10H17N3O2S2/c1-13(2)3-4-16-9-5-8(11)6-10(7-9)17(12,14)15/h5-7H,3-4,11H2,1-2H3,(H2,12,14,15). The van der Waals surface area contributed by atoms with E-state index in [0.717, 1.165) is 17.2 Å². The molecular formula is C10H17N3O2S2. The fourth-order valence-electron chi connectivity index (χ4n) is 1.19. The maximum atomic E-state index is 11.2. The third-order valence-electron chi connectivity index (χ3n) is 2.04. The van der Waals surface area contributed by atoms with Gasteiger partial charge in [-0.15, -0.1) is 11.8 Å². The number of anilines is 1. The van der Waals surface area contributed by atoms with Crippen LogP contribution in [0.2, 0.25) is 0 Å². The van der Waals surface area contributed by atoms with Crippen molar-refractivity contribution in [1.82, 2.24) is 4.90 Å². The molecule has 7 heteroatoms. The summed E-state index contributed by atoms with van der Waals surface area (Å²) in [6, 6.07) is 4.66. The van der Waals surface area contributed by atoms with Crippen LogP contribution in [0.5, 0.6) is 0 Å². The first kappa shape index (κ1) is 14.3. The third-order valence-corrected chi connectivity index (χ3v) is 3.89. The van der Waals surface area contributed by atoms with Crippen molar-refractivity contribution in [2.24, 2.45) is 5.14 Å². The van der Waals surface area contributed by atoms with E-state index in [4.69, 9.17) is 10.9 Å². The van der Waals surface area contributed by atoms with Gasteiger partial charge in [-0.2, -0.15) is 0 Å². The Bertz CT molecular complexity index is 486. The van der Waals surface area contributed by atoms with Gasteiger partial charge in [-0.25, -0.2) is 13.6 Å². The second-order valence-corrected chi connectivity index (χ2v) is 6.66. The van der Waals surface area contributed by atoms with Crippen molar-refractivity contribution < 1.29 is 8.42 Å². The molecule has 5 nitrogen and oxygen atoms in total. The van der Waals surface area contributed by atoms with Crippen LogP contribution in [-0.2, 0) is 10.0 Å². The van der Waals surface area contributed by atoms with Crippen LogP contribution in [0.4, 0.5) is 5.69 Å². The van der Waals surface area contributed by atoms with Crippen LogP contribution in [0.15, 0.2) is 28.0 Å². The Balaban J connectivity index is 2.84. The Hall–Kier alpha value is -0.760. The summed E-state index contributed by atoms with van der Waals surface area (Å²) >= 11 is 1.55. The Kier molecular flexibility index (Phi) is 4.81. The molecule has 0 aromatic heterocycles. The summed E-state index contributed by atoms with van der Waals surface area (Å²) < 4.78 is 22.4. The van der Waals surface area contributed by atoms with Crippen molar-refractivity contribution in [3.63, 3.8) is 0 Å². The summed E-state index contributed by atoms with van der Waals surface area (Å²) in [6.45, 7) is 0.907. The molecule has 0 unspecified atom stereocenters. The van der Waals surface area contributed by atoms with E-state index in [-0.39, 0.29) is 4.90 Å². The highest BCUT2D eigenvalue weighted by atomic mass is 32.2. The number of nitrogen functional groups attached to an aromatic ring is 1. The van der Waals surface area contributed by atoms with E-state index in [1.165, 1.54) is 6.07 Å². The van der Waals surface area contributed by atoms with Gasteiger partial charge in [-0.1, -0.05) is 0 Å². The molecule has 0 aliphatic rings. The van der Waals surface area contributed by atoms with Crippen LogP contribution in [0.25, 0.3) is 0 Å². The van der Waals surface area contributed by atoms with E-state index >= 15 is 0 Å². The largest absolute Gasteiger partial charge is 0.399 e. The van der Waals surface area contributed by atoms with Crippen LogP contribution in [0.1, 0.15) is 0 Å². The average Bonchev–Trinajstić information content (AvgIpc) is 2.14. The lowest BCUT2D eigenvalue weighted by atomic mass is 10.3. The van der Waals surface area contributed by atoms with E-state index in [9.17, 15) is 8.42 Å². The SMILES string of the molecule is CN(C)CCSc1cc(N)cc(S(N)(=O)=O)c1. The molecule has 0 radical (unpaired) electrons. The van der Waals surface area contributed by atoms with Gasteiger partial charge in [0.25, 0.3) is 0 Å². The number of rotatable bonds is 5. The van der Waals surface area contributed by atoms with Gasteiger partial charge in [0, 0.05) is 22.9 Å². The Labute approximate surface area is 106 Å². The summed E-state index contributed by atoms with van der Waals surface area (Å²) in [5.41, 5.74) is 6.05. The van der Waals surface area contributed by atoms with Crippen molar-refractivity contribution in [1.29, 1.82) is 0 Å². The molecule has 1 aromatic carbocycles. The molecule has 1 rings (SSSR count). The van der Waals surface area contributed by atoms with Crippen LogP contribution in [-0.4, -0.2) is 39.7 Å². The van der Waals surface area contributed by atoms with Crippen LogP contribution in [0.3, 0.4) is 0 Å². The normalized spacial score (nSPS) is 12.0. The maximum absolute atomic E-state index is 11.2. The number of primary sulfonamides is 1. The van der Waals surface area contributed by atoms with Gasteiger partial charge in [-0.05, 0) is 32.3 Å². The molecule has 0 saturated carbocycles. The molecule has 0 aliphatic carbocycles. The monoisotopic (exact) mass is 275 g/mol. The van der Waals surface area contributed by atoms with E-state index in [0.29, 0.717) is 5.69 Å². The van der Waals surface area contributed by atoms with Crippen molar-refractivity contribution in [2.45, 2.75) is 9.79 Å². The molecule has 0 heterocycles. The zero-order valence-electron chi connectivity index (χ0n) is 9.88. The molecule has 0 spiro atoms. The predicted molar refractivity (Wildman–Crippen MR) is 71.5 cm³/mol. The summed E-state index contributed by atoms with van der Waals surface area (Å²) in [5, 5.41) is 5.07. The van der Waals surface area contributed by atoms with Crippen LogP contribution in [0, 0.1) is 0 Å². The molecule has 1 aromatic rings. The fraction of sp³-hybridized carbons (Fsp3) is 0.400. The number of nitrogens with two attached hydrogens (primary N) is 2. The summed E-state index contributed by atoms with van der Waals surface area (Å²) in [5.74, 6) is 0.862. The van der Waals surface area contributed by atoms with E-state index in [1.807, 2.05) is 14.1 Å². The first-order valence-corrected chi connectivity index (χ1v) is 7.53. The molecule has 0 saturated heterocycles. The zero-order valence-corrected chi connectivity index (χ0v) is 11.5. The number of nitrogens with zero attached hydrogens (tertiary/aromatic N) is 1. The number of benzene rings is 1. The third kappa shape index (κ3) is 4.95. The van der Waals surface area contributed by atoms with Crippen molar-refractivity contribution in [2.75, 3.05) is 32.1 Å². The van der Waals surface area contributed by atoms with Gasteiger partial charge in [0.1, 0.15) is 0 Å². The highest BCUT2D eigenvalue weighted by molar-refractivity contribution is 7.99. The second kappa shape index (κ2) is 5.72. The van der Waals surface area contributed by atoms with E-state index in [1.54, 1.807) is 23.9 Å². The lowest BCUT2D eigenvalue weighted by Gasteiger charge is -2.09. The predicted octanol–water partition coefficient (Wildman–Crippen LogP) is 0.570. The summed E-state index contributed by atoms with van der Waals surface area (Å²) in [6.07, 6.45) is 0. The van der Waals surface area contributed by atoms with Crippen molar-refractivity contribution >= 4 is 27.5 Å². The molecule has 96 valence electrons. The van der Waals surface area contributed by atoms with E-state index in [2.05, 4.69) is 4.90 Å². The molecule has 17 heavy (non-hydrogen) atoms. The second-order valence-electron chi connectivity index (χ2n) is 3.93. The van der Waals surface area contributed by atoms with E-state index < -0.39 is 10.0 Å². The zero-order chi connectivity index (χ0) is 13.1. The van der Waals surface area contributed by atoms with Gasteiger partial charge >= 0.3 is 0 Å². The highest BCUT2D eigenvalue weighted by Crippen LogP contribution is 2.24. The summed E-state index contributed by atoms with van der Waals surface area (Å²) in [7, 11) is 0.271. The number of sulfonamides is 1. The molecule has 4 N–H and O–H groups in total. The Morgan fingerprint density at radius 1 is 1.29 bits per heavy atom. The summed E-state index contributed by atoms with van der Waals surface area (Å²) in [4.78, 5) is 2.93. The van der Waals surface area contributed by atoms with Gasteiger partial charge in [0.2, 0.25) is 10.0 Å². The molecule has 0 atom stereocenters. The number of thioether (sulfide) groups is 1. The first-order valence-electron chi connectivity index (χ1n) is 5.00. The molecule has 0 fully saturated rings. The minimum Gasteiger partial charge on any atom is -0.399 e. The fourth-order valence-corrected chi connectivity index (χ4v) is 2.98. The lowest BCUT2D eigenvalue weighted by molar-refractivity contribution is 0.437. The Morgan fingerprint density at radius 3 is 2.47 bits per heavy atom.